The molecule has 0 aromatic heterocycles. The largest absolute Gasteiger partial charge is 0.397 e. The average molecular weight is 340 g/mol. The predicted molar refractivity (Wildman–Crippen MR) is 82.3 cm³/mol. The van der Waals surface area contributed by atoms with E-state index in [1.165, 1.54) is 0 Å². The van der Waals surface area contributed by atoms with E-state index in [1.807, 2.05) is 24.3 Å². The van der Waals surface area contributed by atoms with Crippen molar-refractivity contribution in [1.82, 2.24) is 0 Å². The molecule has 0 saturated heterocycles. The summed E-state index contributed by atoms with van der Waals surface area (Å²) in [5, 5.41) is 3.17. The van der Waals surface area contributed by atoms with Crippen molar-refractivity contribution in [2.45, 2.75) is 6.42 Å². The van der Waals surface area contributed by atoms with Crippen LogP contribution in [0.15, 0.2) is 46.9 Å². The van der Waals surface area contributed by atoms with Gasteiger partial charge in [-0.15, -0.1) is 0 Å². The standard InChI is InChI=1S/C14H12BrClN2O/c15-10-4-1-3-9(7-10)8-13(19)18-14-11(16)5-2-6-12(14)17/h1-7H,8,17H2,(H,18,19). The highest BCUT2D eigenvalue weighted by molar-refractivity contribution is 9.10. The predicted octanol–water partition coefficient (Wildman–Crippen LogP) is 3.87. The Morgan fingerprint density at radius 3 is 2.68 bits per heavy atom. The van der Waals surface area contributed by atoms with Crippen LogP contribution in [0.25, 0.3) is 0 Å². The molecule has 3 nitrogen and oxygen atoms in total. The molecule has 5 heteroatoms. The van der Waals surface area contributed by atoms with Crippen LogP contribution in [0.3, 0.4) is 0 Å². The first kappa shape index (κ1) is 13.9. The number of anilines is 2. The Morgan fingerprint density at radius 2 is 2.00 bits per heavy atom. The maximum Gasteiger partial charge on any atom is 0.228 e. The van der Waals surface area contributed by atoms with E-state index >= 15 is 0 Å². The lowest BCUT2D eigenvalue weighted by molar-refractivity contribution is -0.115. The van der Waals surface area contributed by atoms with E-state index in [2.05, 4.69) is 21.2 Å². The van der Waals surface area contributed by atoms with Crippen molar-refractivity contribution in [2.24, 2.45) is 0 Å². The highest BCUT2D eigenvalue weighted by Gasteiger charge is 2.09. The monoisotopic (exact) mass is 338 g/mol. The van der Waals surface area contributed by atoms with Gasteiger partial charge in [0.25, 0.3) is 0 Å². The lowest BCUT2D eigenvalue weighted by Gasteiger charge is -2.10. The molecule has 0 aliphatic heterocycles. The molecule has 19 heavy (non-hydrogen) atoms. The van der Waals surface area contributed by atoms with Gasteiger partial charge in [-0.05, 0) is 29.8 Å². The number of halogens is 2. The van der Waals surface area contributed by atoms with E-state index in [-0.39, 0.29) is 12.3 Å². The summed E-state index contributed by atoms with van der Waals surface area (Å²) in [6.45, 7) is 0. The minimum atomic E-state index is -0.155. The number of hydrogen-bond donors (Lipinski definition) is 2. The van der Waals surface area contributed by atoms with Crippen LogP contribution < -0.4 is 11.1 Å². The van der Waals surface area contributed by atoms with Crippen molar-refractivity contribution in [3.05, 3.63) is 57.5 Å². The molecule has 2 aromatic rings. The van der Waals surface area contributed by atoms with E-state index in [4.69, 9.17) is 17.3 Å². The van der Waals surface area contributed by atoms with Crippen molar-refractivity contribution in [3.63, 3.8) is 0 Å². The maximum atomic E-state index is 12.0. The van der Waals surface area contributed by atoms with Crippen LogP contribution >= 0.6 is 27.5 Å². The Labute approximate surface area is 124 Å². The maximum absolute atomic E-state index is 12.0. The van der Waals surface area contributed by atoms with E-state index in [0.717, 1.165) is 10.0 Å². The number of nitrogens with one attached hydrogen (secondary N) is 1. The fourth-order valence-corrected chi connectivity index (χ4v) is 2.36. The smallest absolute Gasteiger partial charge is 0.228 e. The van der Waals surface area contributed by atoms with Gasteiger partial charge in [0, 0.05) is 4.47 Å². The van der Waals surface area contributed by atoms with Crippen molar-refractivity contribution >= 4 is 44.8 Å². The summed E-state index contributed by atoms with van der Waals surface area (Å²) in [6, 6.07) is 12.7. The molecule has 0 spiro atoms. The number of hydrogen-bond acceptors (Lipinski definition) is 2. The second-order valence-corrected chi connectivity index (χ2v) is 5.38. The number of benzene rings is 2. The van der Waals surface area contributed by atoms with Crippen LogP contribution in [0.5, 0.6) is 0 Å². The Hall–Kier alpha value is -1.52. The van der Waals surface area contributed by atoms with Crippen molar-refractivity contribution < 1.29 is 4.79 Å². The fourth-order valence-electron chi connectivity index (χ4n) is 1.69. The highest BCUT2D eigenvalue weighted by Crippen LogP contribution is 2.27. The van der Waals surface area contributed by atoms with Gasteiger partial charge in [0.15, 0.2) is 0 Å². The van der Waals surface area contributed by atoms with Crippen LogP contribution in [0.1, 0.15) is 5.56 Å². The summed E-state index contributed by atoms with van der Waals surface area (Å²) in [7, 11) is 0. The molecule has 2 rings (SSSR count). The first-order chi connectivity index (χ1) is 9.06. The molecule has 0 aliphatic carbocycles. The van der Waals surface area contributed by atoms with Gasteiger partial charge >= 0.3 is 0 Å². The summed E-state index contributed by atoms with van der Waals surface area (Å²) in [5.41, 5.74) is 7.61. The number of carbonyl (C=O) groups is 1. The Bertz CT molecular complexity index is 596. The molecular formula is C14H12BrClN2O. The Balaban J connectivity index is 2.10. The molecule has 0 heterocycles. The van der Waals surface area contributed by atoms with E-state index in [9.17, 15) is 4.79 Å². The minimum absolute atomic E-state index is 0.155. The number of nitrogen functional groups attached to an aromatic ring is 1. The van der Waals surface area contributed by atoms with E-state index in [1.54, 1.807) is 18.2 Å². The molecule has 3 N–H and O–H groups in total. The summed E-state index contributed by atoms with van der Waals surface area (Å²) < 4.78 is 0.940. The third-order valence-corrected chi connectivity index (χ3v) is 3.37. The number of carbonyl (C=O) groups excluding carboxylic acids is 1. The van der Waals surface area contributed by atoms with Crippen molar-refractivity contribution in [3.8, 4) is 0 Å². The molecule has 0 saturated carbocycles. The van der Waals surface area contributed by atoms with E-state index < -0.39 is 0 Å². The summed E-state index contributed by atoms with van der Waals surface area (Å²) in [5.74, 6) is -0.155. The average Bonchev–Trinajstić information content (AvgIpc) is 2.34. The zero-order chi connectivity index (χ0) is 13.8. The van der Waals surface area contributed by atoms with Gasteiger partial charge in [0.1, 0.15) is 0 Å². The van der Waals surface area contributed by atoms with Gasteiger partial charge in [-0.25, -0.2) is 0 Å². The van der Waals surface area contributed by atoms with Crippen LogP contribution in [0.2, 0.25) is 5.02 Å². The molecule has 0 fully saturated rings. The minimum Gasteiger partial charge on any atom is -0.397 e. The normalized spacial score (nSPS) is 10.2. The summed E-state index contributed by atoms with van der Waals surface area (Å²) in [4.78, 5) is 12.0. The lowest BCUT2D eigenvalue weighted by Crippen LogP contribution is -2.15. The second kappa shape index (κ2) is 6.08. The first-order valence-corrected chi connectivity index (χ1v) is 6.81. The molecule has 0 aliphatic rings. The zero-order valence-corrected chi connectivity index (χ0v) is 12.3. The Kier molecular flexibility index (Phi) is 4.45. The molecule has 98 valence electrons. The molecule has 0 unspecified atom stereocenters. The topological polar surface area (TPSA) is 55.1 Å². The summed E-state index contributed by atoms with van der Waals surface area (Å²) >= 11 is 9.37. The van der Waals surface area contributed by atoms with Gasteiger partial charge < -0.3 is 11.1 Å². The van der Waals surface area contributed by atoms with Crippen LogP contribution in [0.4, 0.5) is 11.4 Å². The SMILES string of the molecule is Nc1cccc(Cl)c1NC(=O)Cc1cccc(Br)c1. The van der Waals surface area contributed by atoms with Gasteiger partial charge in [-0.3, -0.25) is 4.79 Å². The van der Waals surface area contributed by atoms with E-state index in [0.29, 0.717) is 16.4 Å². The highest BCUT2D eigenvalue weighted by atomic mass is 79.9. The van der Waals surface area contributed by atoms with Gasteiger partial charge in [-0.1, -0.05) is 45.7 Å². The van der Waals surface area contributed by atoms with Crippen LogP contribution in [-0.2, 0) is 11.2 Å². The van der Waals surface area contributed by atoms with Gasteiger partial charge in [-0.2, -0.15) is 0 Å². The molecule has 0 bridgehead atoms. The number of amides is 1. The third-order valence-electron chi connectivity index (χ3n) is 2.56. The molecule has 0 radical (unpaired) electrons. The quantitative estimate of drug-likeness (QED) is 0.834. The zero-order valence-electron chi connectivity index (χ0n) is 9.99. The van der Waals surface area contributed by atoms with Crippen molar-refractivity contribution in [2.75, 3.05) is 11.1 Å². The second-order valence-electron chi connectivity index (χ2n) is 4.06. The first-order valence-electron chi connectivity index (χ1n) is 5.64. The fraction of sp³-hybridized carbons (Fsp3) is 0.0714. The van der Waals surface area contributed by atoms with Gasteiger partial charge in [0.2, 0.25) is 5.91 Å². The van der Waals surface area contributed by atoms with Crippen LogP contribution in [0, 0.1) is 0 Å². The number of para-hydroxylation sites is 1. The lowest BCUT2D eigenvalue weighted by atomic mass is 10.1. The number of nitrogens with two attached hydrogens (primary N) is 1. The number of rotatable bonds is 3. The third kappa shape index (κ3) is 3.72. The van der Waals surface area contributed by atoms with Crippen molar-refractivity contribution in [1.29, 1.82) is 0 Å². The molecular weight excluding hydrogens is 328 g/mol. The van der Waals surface area contributed by atoms with Gasteiger partial charge in [0.05, 0.1) is 22.8 Å². The van der Waals surface area contributed by atoms with Crippen LogP contribution in [-0.4, -0.2) is 5.91 Å². The Morgan fingerprint density at radius 1 is 1.26 bits per heavy atom. The molecule has 1 amide bonds. The molecule has 2 aromatic carbocycles. The molecule has 0 atom stereocenters. The summed E-state index contributed by atoms with van der Waals surface area (Å²) in [6.07, 6.45) is 0.268.